The third-order valence-corrected chi connectivity index (χ3v) is 5.94. The predicted molar refractivity (Wildman–Crippen MR) is 122 cm³/mol. The van der Waals surface area contributed by atoms with Crippen molar-refractivity contribution in [2.45, 2.75) is 6.42 Å². The van der Waals surface area contributed by atoms with Gasteiger partial charge in [0.05, 0.1) is 0 Å². The first-order valence-corrected chi connectivity index (χ1v) is 10.5. The van der Waals surface area contributed by atoms with E-state index in [0.717, 1.165) is 26.9 Å². The lowest BCUT2D eigenvalue weighted by Crippen LogP contribution is -2.13. The van der Waals surface area contributed by atoms with Gasteiger partial charge in [-0.25, -0.2) is 4.98 Å². The minimum absolute atomic E-state index is 0.00255. The summed E-state index contributed by atoms with van der Waals surface area (Å²) in [4.78, 5) is 20.9. The fourth-order valence-electron chi connectivity index (χ4n) is 2.98. The van der Waals surface area contributed by atoms with Gasteiger partial charge in [-0.15, -0.1) is 11.3 Å². The molecule has 2 aromatic carbocycles. The van der Waals surface area contributed by atoms with Crippen LogP contribution in [0.4, 0.5) is 5.13 Å². The Labute approximate surface area is 186 Å². The van der Waals surface area contributed by atoms with Crippen LogP contribution in [0.1, 0.15) is 16.0 Å². The fourth-order valence-corrected chi connectivity index (χ4v) is 4.29. The van der Waals surface area contributed by atoms with E-state index in [-0.39, 0.29) is 5.57 Å². The van der Waals surface area contributed by atoms with Crippen molar-refractivity contribution in [3.63, 3.8) is 0 Å². The second kappa shape index (κ2) is 8.72. The van der Waals surface area contributed by atoms with Gasteiger partial charge < -0.3 is 4.98 Å². The standard InChI is InChI=1S/C22H14Cl2N4OS/c23-16-6-5-13(19(24)9-16)8-17-12-27-22(30-17)28-21(29)14(10-25)7-15-11-26-20-4-2-1-3-18(15)20/h1-7,9,11-12,26H,8H2,(H,27,28,29). The van der Waals surface area contributed by atoms with Gasteiger partial charge in [0.15, 0.2) is 5.13 Å². The van der Waals surface area contributed by atoms with E-state index in [0.29, 0.717) is 21.6 Å². The molecule has 0 spiro atoms. The van der Waals surface area contributed by atoms with Gasteiger partial charge in [0, 0.05) is 50.2 Å². The average molecular weight is 453 g/mol. The van der Waals surface area contributed by atoms with E-state index in [4.69, 9.17) is 23.2 Å². The molecule has 0 saturated heterocycles. The Balaban J connectivity index is 1.50. The molecule has 5 nitrogen and oxygen atoms in total. The van der Waals surface area contributed by atoms with Crippen LogP contribution in [-0.4, -0.2) is 15.9 Å². The number of halogens is 2. The lowest BCUT2D eigenvalue weighted by molar-refractivity contribution is -0.112. The number of fused-ring (bicyclic) bond motifs is 1. The molecule has 8 heteroatoms. The molecule has 4 rings (SSSR count). The van der Waals surface area contributed by atoms with Crippen LogP contribution < -0.4 is 5.32 Å². The Morgan fingerprint density at radius 2 is 2.10 bits per heavy atom. The van der Waals surface area contributed by atoms with Gasteiger partial charge in [-0.05, 0) is 29.8 Å². The van der Waals surface area contributed by atoms with Gasteiger partial charge in [0.25, 0.3) is 5.91 Å². The Bertz CT molecular complexity index is 1320. The first-order chi connectivity index (χ1) is 14.5. The summed E-state index contributed by atoms with van der Waals surface area (Å²) in [5.41, 5.74) is 2.62. The van der Waals surface area contributed by atoms with E-state index in [9.17, 15) is 10.1 Å². The number of benzene rings is 2. The maximum Gasteiger partial charge on any atom is 0.268 e. The molecule has 0 bridgehead atoms. The minimum Gasteiger partial charge on any atom is -0.361 e. The number of anilines is 1. The van der Waals surface area contributed by atoms with Gasteiger partial charge in [0.2, 0.25) is 0 Å². The summed E-state index contributed by atoms with van der Waals surface area (Å²) in [6.07, 6.45) is 5.59. The maximum atomic E-state index is 12.6. The van der Waals surface area contributed by atoms with Gasteiger partial charge in [-0.1, -0.05) is 47.5 Å². The van der Waals surface area contributed by atoms with E-state index in [2.05, 4.69) is 15.3 Å². The molecule has 0 atom stereocenters. The molecule has 2 N–H and O–H groups in total. The zero-order valence-electron chi connectivity index (χ0n) is 15.4. The summed E-state index contributed by atoms with van der Waals surface area (Å²) in [7, 11) is 0. The van der Waals surface area contributed by atoms with Gasteiger partial charge in [-0.3, -0.25) is 10.1 Å². The molecule has 2 heterocycles. The van der Waals surface area contributed by atoms with Crippen molar-refractivity contribution < 1.29 is 4.79 Å². The summed E-state index contributed by atoms with van der Waals surface area (Å²) in [5, 5.41) is 14.7. The quantitative estimate of drug-likeness (QED) is 0.284. The number of hydrogen-bond acceptors (Lipinski definition) is 4. The van der Waals surface area contributed by atoms with Crippen LogP contribution in [0.2, 0.25) is 10.0 Å². The molecule has 0 saturated carbocycles. The van der Waals surface area contributed by atoms with Crippen molar-refractivity contribution >= 4 is 62.6 Å². The SMILES string of the molecule is N#CC(=Cc1c[nH]c2ccccc12)C(=O)Nc1ncc(Cc2ccc(Cl)cc2Cl)s1. The van der Waals surface area contributed by atoms with Crippen molar-refractivity contribution in [1.82, 2.24) is 9.97 Å². The smallest absolute Gasteiger partial charge is 0.268 e. The van der Waals surface area contributed by atoms with E-state index < -0.39 is 5.91 Å². The van der Waals surface area contributed by atoms with E-state index in [1.807, 2.05) is 36.4 Å². The van der Waals surface area contributed by atoms with Crippen LogP contribution in [0.25, 0.3) is 17.0 Å². The van der Waals surface area contributed by atoms with Gasteiger partial charge >= 0.3 is 0 Å². The molecular formula is C22H14Cl2N4OS. The second-order valence-electron chi connectivity index (χ2n) is 6.46. The lowest BCUT2D eigenvalue weighted by Gasteiger charge is -2.02. The number of carbonyl (C=O) groups excluding carboxylic acids is 1. The van der Waals surface area contributed by atoms with Crippen molar-refractivity contribution in [1.29, 1.82) is 5.26 Å². The van der Waals surface area contributed by atoms with Crippen molar-refractivity contribution in [3.05, 3.63) is 86.5 Å². The molecule has 0 fully saturated rings. The number of nitrogens with zero attached hydrogens (tertiary/aromatic N) is 2. The van der Waals surface area contributed by atoms with E-state index >= 15 is 0 Å². The molecule has 1 amide bonds. The highest BCUT2D eigenvalue weighted by Gasteiger charge is 2.14. The monoisotopic (exact) mass is 452 g/mol. The Kier molecular flexibility index (Phi) is 5.86. The van der Waals surface area contributed by atoms with Gasteiger partial charge in [0.1, 0.15) is 11.6 Å². The summed E-state index contributed by atoms with van der Waals surface area (Å²) in [6.45, 7) is 0. The summed E-state index contributed by atoms with van der Waals surface area (Å²) < 4.78 is 0. The predicted octanol–water partition coefficient (Wildman–Crippen LogP) is 6.07. The van der Waals surface area contributed by atoms with Gasteiger partial charge in [-0.2, -0.15) is 5.26 Å². The number of hydrogen-bond donors (Lipinski definition) is 2. The van der Waals surface area contributed by atoms with Crippen LogP contribution in [0.5, 0.6) is 0 Å². The highest BCUT2D eigenvalue weighted by Crippen LogP contribution is 2.27. The third kappa shape index (κ3) is 4.39. The molecule has 2 aromatic heterocycles. The number of aromatic amines is 1. The van der Waals surface area contributed by atoms with Crippen molar-refractivity contribution in [2.75, 3.05) is 5.32 Å². The maximum absolute atomic E-state index is 12.6. The number of rotatable bonds is 5. The molecule has 0 aliphatic carbocycles. The Morgan fingerprint density at radius 3 is 2.90 bits per heavy atom. The van der Waals surface area contributed by atoms with Crippen LogP contribution >= 0.6 is 34.5 Å². The molecule has 0 aliphatic heterocycles. The molecule has 0 radical (unpaired) electrons. The number of H-pyrrole nitrogens is 1. The highest BCUT2D eigenvalue weighted by molar-refractivity contribution is 7.15. The van der Waals surface area contributed by atoms with Crippen molar-refractivity contribution in [3.8, 4) is 6.07 Å². The fraction of sp³-hybridized carbons (Fsp3) is 0.0455. The number of nitrogens with one attached hydrogen (secondary N) is 2. The minimum atomic E-state index is -0.506. The highest BCUT2D eigenvalue weighted by atomic mass is 35.5. The third-order valence-electron chi connectivity index (χ3n) is 4.44. The Hall–Kier alpha value is -3.11. The van der Waals surface area contributed by atoms with E-state index in [1.54, 1.807) is 30.6 Å². The summed E-state index contributed by atoms with van der Waals surface area (Å²) in [5.74, 6) is -0.506. The molecular weight excluding hydrogens is 439 g/mol. The van der Waals surface area contributed by atoms with Crippen LogP contribution in [0.15, 0.2) is 60.4 Å². The lowest BCUT2D eigenvalue weighted by atomic mass is 10.1. The zero-order valence-corrected chi connectivity index (χ0v) is 17.8. The topological polar surface area (TPSA) is 81.6 Å². The van der Waals surface area contributed by atoms with Crippen LogP contribution in [-0.2, 0) is 11.2 Å². The number of amides is 1. The van der Waals surface area contributed by atoms with Crippen LogP contribution in [0.3, 0.4) is 0 Å². The average Bonchev–Trinajstić information content (AvgIpc) is 3.35. The molecule has 30 heavy (non-hydrogen) atoms. The number of carbonyl (C=O) groups is 1. The summed E-state index contributed by atoms with van der Waals surface area (Å²) >= 11 is 13.5. The molecule has 148 valence electrons. The summed E-state index contributed by atoms with van der Waals surface area (Å²) in [6, 6.07) is 15.0. The number of thiazole rings is 1. The molecule has 0 aliphatic rings. The molecule has 0 unspecified atom stereocenters. The largest absolute Gasteiger partial charge is 0.361 e. The number of nitriles is 1. The normalized spacial score (nSPS) is 11.4. The number of para-hydroxylation sites is 1. The van der Waals surface area contributed by atoms with Crippen molar-refractivity contribution in [2.24, 2.45) is 0 Å². The van der Waals surface area contributed by atoms with Crippen LogP contribution in [0, 0.1) is 11.3 Å². The first-order valence-electron chi connectivity index (χ1n) is 8.91. The molecule has 4 aromatic rings. The second-order valence-corrected chi connectivity index (χ2v) is 8.42. The number of aromatic nitrogens is 2. The van der Waals surface area contributed by atoms with E-state index in [1.165, 1.54) is 11.3 Å². The Morgan fingerprint density at radius 1 is 1.27 bits per heavy atom. The first kappa shape index (κ1) is 20.2. The zero-order chi connectivity index (χ0) is 21.1.